The zero-order valence-corrected chi connectivity index (χ0v) is 8.63. The molecule has 1 amide bonds. The Bertz CT molecular complexity index is 192. The summed E-state index contributed by atoms with van der Waals surface area (Å²) in [6.07, 6.45) is 7.92. The summed E-state index contributed by atoms with van der Waals surface area (Å²) < 4.78 is 0. The van der Waals surface area contributed by atoms with Crippen LogP contribution in [0.5, 0.6) is 0 Å². The van der Waals surface area contributed by atoms with Gasteiger partial charge in [-0.2, -0.15) is 0 Å². The van der Waals surface area contributed by atoms with E-state index >= 15 is 0 Å². The summed E-state index contributed by atoms with van der Waals surface area (Å²) >= 11 is 0. The minimum Gasteiger partial charge on any atom is -0.356 e. The molecule has 0 aromatic rings. The molecule has 1 atom stereocenters. The summed E-state index contributed by atoms with van der Waals surface area (Å²) in [6.45, 7) is 0.845. The summed E-state index contributed by atoms with van der Waals surface area (Å²) in [5, 5.41) is 2.84. The van der Waals surface area contributed by atoms with E-state index in [0.29, 0.717) is 18.8 Å². The second-order valence-electron chi connectivity index (χ2n) is 4.01. The molecule has 1 heterocycles. The van der Waals surface area contributed by atoms with Crippen molar-refractivity contribution in [3.05, 3.63) is 0 Å². The van der Waals surface area contributed by atoms with Gasteiger partial charge in [-0.05, 0) is 25.2 Å². The van der Waals surface area contributed by atoms with Gasteiger partial charge in [-0.25, -0.2) is 0 Å². The van der Waals surface area contributed by atoms with Crippen LogP contribution in [0.1, 0.15) is 44.9 Å². The summed E-state index contributed by atoms with van der Waals surface area (Å²) in [7, 11) is 0. The highest BCUT2D eigenvalue weighted by atomic mass is 16.1. The number of carbonyl (C=O) groups is 2. The normalized spacial score (nSPS) is 21.7. The Morgan fingerprint density at radius 2 is 2.21 bits per heavy atom. The fourth-order valence-corrected chi connectivity index (χ4v) is 1.94. The largest absolute Gasteiger partial charge is 0.356 e. The molecule has 0 aromatic heterocycles. The predicted octanol–water partition coefficient (Wildman–Crippen LogP) is 1.66. The van der Waals surface area contributed by atoms with Crippen LogP contribution in [-0.4, -0.2) is 18.7 Å². The van der Waals surface area contributed by atoms with Crippen molar-refractivity contribution >= 4 is 12.2 Å². The first kappa shape index (κ1) is 11.2. The van der Waals surface area contributed by atoms with Crippen LogP contribution < -0.4 is 5.32 Å². The lowest BCUT2D eigenvalue weighted by Gasteiger charge is -2.21. The maximum Gasteiger partial charge on any atom is 0.220 e. The topological polar surface area (TPSA) is 46.2 Å². The van der Waals surface area contributed by atoms with Crippen LogP contribution in [0.25, 0.3) is 0 Å². The van der Waals surface area contributed by atoms with Gasteiger partial charge in [0, 0.05) is 19.4 Å². The maximum absolute atomic E-state index is 11.1. The molecule has 1 aliphatic rings. The minimum absolute atomic E-state index is 0.203. The number of hydrogen-bond donors (Lipinski definition) is 1. The van der Waals surface area contributed by atoms with E-state index in [1.54, 1.807) is 0 Å². The molecule has 1 saturated heterocycles. The number of carbonyl (C=O) groups excluding carboxylic acids is 2. The summed E-state index contributed by atoms with van der Waals surface area (Å²) in [5.74, 6) is 0.786. The van der Waals surface area contributed by atoms with E-state index < -0.39 is 0 Å². The molecule has 3 nitrogen and oxygen atoms in total. The van der Waals surface area contributed by atoms with Gasteiger partial charge in [0.05, 0.1) is 0 Å². The van der Waals surface area contributed by atoms with Gasteiger partial charge < -0.3 is 10.1 Å². The Morgan fingerprint density at radius 1 is 1.36 bits per heavy atom. The number of aldehydes is 1. The quantitative estimate of drug-likeness (QED) is 0.520. The molecule has 1 fully saturated rings. The molecule has 0 spiro atoms. The molecular formula is C11H19NO2. The molecule has 0 aliphatic carbocycles. The second kappa shape index (κ2) is 6.57. The molecule has 14 heavy (non-hydrogen) atoms. The molecule has 1 rings (SSSR count). The molecule has 0 unspecified atom stereocenters. The molecule has 0 aromatic carbocycles. The number of piperidine rings is 1. The molecule has 0 radical (unpaired) electrons. The van der Waals surface area contributed by atoms with Crippen molar-refractivity contribution in [1.29, 1.82) is 0 Å². The predicted molar refractivity (Wildman–Crippen MR) is 54.9 cm³/mol. The Kier molecular flexibility index (Phi) is 5.27. The average molecular weight is 197 g/mol. The van der Waals surface area contributed by atoms with Gasteiger partial charge in [-0.15, -0.1) is 0 Å². The van der Waals surface area contributed by atoms with Gasteiger partial charge in [0.15, 0.2) is 0 Å². The standard InChI is InChI=1S/C11H19NO2/c13-8-4-2-1-3-5-10-6-7-12-11(14)9-10/h8,10H,1-7,9H2,(H,12,14)/t10-/m0/s1. The minimum atomic E-state index is 0.203. The number of nitrogens with one attached hydrogen (secondary N) is 1. The summed E-state index contributed by atoms with van der Waals surface area (Å²) in [6, 6.07) is 0. The van der Waals surface area contributed by atoms with Crippen molar-refractivity contribution in [2.75, 3.05) is 6.54 Å². The van der Waals surface area contributed by atoms with E-state index in [1.165, 1.54) is 0 Å². The third-order valence-electron chi connectivity index (χ3n) is 2.78. The van der Waals surface area contributed by atoms with E-state index in [9.17, 15) is 9.59 Å². The van der Waals surface area contributed by atoms with Gasteiger partial charge in [-0.1, -0.05) is 12.8 Å². The molecule has 0 bridgehead atoms. The molecule has 1 N–H and O–H groups in total. The maximum atomic E-state index is 11.1. The monoisotopic (exact) mass is 197 g/mol. The van der Waals surface area contributed by atoms with E-state index in [4.69, 9.17) is 0 Å². The van der Waals surface area contributed by atoms with Crippen molar-refractivity contribution in [3.63, 3.8) is 0 Å². The molecule has 1 aliphatic heterocycles. The smallest absolute Gasteiger partial charge is 0.220 e. The Hall–Kier alpha value is -0.860. The highest BCUT2D eigenvalue weighted by Crippen LogP contribution is 2.19. The van der Waals surface area contributed by atoms with Crippen molar-refractivity contribution in [3.8, 4) is 0 Å². The highest BCUT2D eigenvalue weighted by molar-refractivity contribution is 5.76. The molecule has 80 valence electrons. The van der Waals surface area contributed by atoms with E-state index in [1.807, 2.05) is 0 Å². The van der Waals surface area contributed by atoms with Crippen molar-refractivity contribution in [2.45, 2.75) is 44.9 Å². The van der Waals surface area contributed by atoms with Crippen molar-refractivity contribution in [1.82, 2.24) is 5.32 Å². The summed E-state index contributed by atoms with van der Waals surface area (Å²) in [4.78, 5) is 21.1. The van der Waals surface area contributed by atoms with Gasteiger partial charge >= 0.3 is 0 Å². The van der Waals surface area contributed by atoms with E-state index in [-0.39, 0.29) is 5.91 Å². The lowest BCUT2D eigenvalue weighted by molar-refractivity contribution is -0.123. The van der Waals surface area contributed by atoms with Gasteiger partial charge in [0.2, 0.25) is 5.91 Å². The fourth-order valence-electron chi connectivity index (χ4n) is 1.94. The molecule has 3 heteroatoms. The first-order valence-corrected chi connectivity index (χ1v) is 5.53. The van der Waals surface area contributed by atoms with E-state index in [2.05, 4.69) is 5.32 Å². The Labute approximate surface area is 85.3 Å². The first-order valence-electron chi connectivity index (χ1n) is 5.53. The van der Waals surface area contributed by atoms with Crippen LogP contribution in [-0.2, 0) is 9.59 Å². The van der Waals surface area contributed by atoms with Crippen molar-refractivity contribution in [2.24, 2.45) is 5.92 Å². The van der Waals surface area contributed by atoms with Crippen molar-refractivity contribution < 1.29 is 9.59 Å². The van der Waals surface area contributed by atoms with E-state index in [0.717, 1.165) is 44.9 Å². The Morgan fingerprint density at radius 3 is 2.93 bits per heavy atom. The number of hydrogen-bond acceptors (Lipinski definition) is 2. The van der Waals surface area contributed by atoms with Gasteiger partial charge in [-0.3, -0.25) is 4.79 Å². The van der Waals surface area contributed by atoms with Crippen LogP contribution >= 0.6 is 0 Å². The zero-order chi connectivity index (χ0) is 10.2. The number of amides is 1. The fraction of sp³-hybridized carbons (Fsp3) is 0.818. The van der Waals surface area contributed by atoms with Crippen LogP contribution in [0.2, 0.25) is 0 Å². The zero-order valence-electron chi connectivity index (χ0n) is 8.63. The molecular weight excluding hydrogens is 178 g/mol. The lowest BCUT2D eigenvalue weighted by Crippen LogP contribution is -2.33. The van der Waals surface area contributed by atoms with Crippen LogP contribution in [0.15, 0.2) is 0 Å². The van der Waals surface area contributed by atoms with Crippen LogP contribution in [0.4, 0.5) is 0 Å². The van der Waals surface area contributed by atoms with Crippen LogP contribution in [0, 0.1) is 5.92 Å². The second-order valence-corrected chi connectivity index (χ2v) is 4.01. The lowest BCUT2D eigenvalue weighted by atomic mass is 9.92. The number of rotatable bonds is 6. The Balaban J connectivity index is 2.00. The third-order valence-corrected chi connectivity index (χ3v) is 2.78. The summed E-state index contributed by atoms with van der Waals surface area (Å²) in [5.41, 5.74) is 0. The number of unbranched alkanes of at least 4 members (excludes halogenated alkanes) is 3. The average Bonchev–Trinajstić information content (AvgIpc) is 2.18. The van der Waals surface area contributed by atoms with Gasteiger partial charge in [0.1, 0.15) is 6.29 Å². The highest BCUT2D eigenvalue weighted by Gasteiger charge is 2.17. The van der Waals surface area contributed by atoms with Gasteiger partial charge in [0.25, 0.3) is 0 Å². The first-order chi connectivity index (χ1) is 6.83. The molecule has 0 saturated carbocycles. The van der Waals surface area contributed by atoms with Crippen LogP contribution in [0.3, 0.4) is 0 Å². The SMILES string of the molecule is O=CCCCCC[C@H]1CCNC(=O)C1. The third kappa shape index (κ3) is 4.40.